The molecule has 3 rings (SSSR count). The summed E-state index contributed by atoms with van der Waals surface area (Å²) in [7, 11) is 1.47. The highest BCUT2D eigenvalue weighted by molar-refractivity contribution is 5.98. The molecule has 154 valence electrons. The van der Waals surface area contributed by atoms with Crippen LogP contribution in [0.3, 0.4) is 0 Å². The van der Waals surface area contributed by atoms with Gasteiger partial charge in [0.05, 0.1) is 19.4 Å². The maximum Gasteiger partial charge on any atom is 0.290 e. The van der Waals surface area contributed by atoms with Crippen LogP contribution >= 0.6 is 0 Å². The standard InChI is InChI=1S/C21H20N4O5/c1-3-30-17-11-9-14(13-18(17)29-2)20(27)22-23-21(28)16-10-12-19(26)25(24-16)15-7-5-4-6-8-15/h4-13H,3H2,1-2H3,(H,22,27)(H,23,28). The summed E-state index contributed by atoms with van der Waals surface area (Å²) in [6.45, 7) is 2.29. The highest BCUT2D eigenvalue weighted by Gasteiger charge is 2.14. The summed E-state index contributed by atoms with van der Waals surface area (Å²) in [5.74, 6) is -0.326. The molecule has 9 nitrogen and oxygen atoms in total. The second-order valence-electron chi connectivity index (χ2n) is 6.01. The van der Waals surface area contributed by atoms with Crippen LogP contribution in [0, 0.1) is 0 Å². The quantitative estimate of drug-likeness (QED) is 0.601. The third-order valence-corrected chi connectivity index (χ3v) is 4.05. The number of para-hydroxylation sites is 1. The van der Waals surface area contributed by atoms with Gasteiger partial charge in [0.1, 0.15) is 0 Å². The third kappa shape index (κ3) is 4.64. The van der Waals surface area contributed by atoms with Crippen LogP contribution in [0.1, 0.15) is 27.8 Å². The SMILES string of the molecule is CCOc1ccc(C(=O)NNC(=O)c2ccc(=O)n(-c3ccccc3)n2)cc1OC. The molecule has 0 aliphatic heterocycles. The molecule has 9 heteroatoms. The van der Waals surface area contributed by atoms with Crippen molar-refractivity contribution in [3.8, 4) is 17.2 Å². The van der Waals surface area contributed by atoms with E-state index in [0.717, 1.165) is 4.68 Å². The molecule has 0 saturated heterocycles. The zero-order valence-electron chi connectivity index (χ0n) is 16.4. The summed E-state index contributed by atoms with van der Waals surface area (Å²) in [6, 6.07) is 15.9. The van der Waals surface area contributed by atoms with E-state index < -0.39 is 11.8 Å². The van der Waals surface area contributed by atoms with E-state index in [1.54, 1.807) is 42.5 Å². The fourth-order valence-electron chi connectivity index (χ4n) is 2.62. The zero-order chi connectivity index (χ0) is 21.5. The fourth-order valence-corrected chi connectivity index (χ4v) is 2.62. The summed E-state index contributed by atoms with van der Waals surface area (Å²) in [6.07, 6.45) is 0. The summed E-state index contributed by atoms with van der Waals surface area (Å²) >= 11 is 0. The van der Waals surface area contributed by atoms with Crippen LogP contribution < -0.4 is 25.9 Å². The van der Waals surface area contributed by atoms with Crippen LogP contribution in [0.5, 0.6) is 11.5 Å². The van der Waals surface area contributed by atoms with Crippen molar-refractivity contribution in [1.82, 2.24) is 20.6 Å². The first kappa shape index (κ1) is 20.6. The van der Waals surface area contributed by atoms with Gasteiger partial charge in [-0.2, -0.15) is 9.78 Å². The summed E-state index contributed by atoms with van der Waals surface area (Å²) in [5, 5.41) is 4.06. The number of hydrogen-bond donors (Lipinski definition) is 2. The molecule has 1 heterocycles. The molecule has 0 radical (unpaired) electrons. The number of rotatable bonds is 6. The van der Waals surface area contributed by atoms with Gasteiger partial charge in [0.2, 0.25) is 0 Å². The maximum absolute atomic E-state index is 12.4. The molecular weight excluding hydrogens is 388 g/mol. The minimum Gasteiger partial charge on any atom is -0.493 e. The Hall–Kier alpha value is -4.14. The largest absolute Gasteiger partial charge is 0.493 e. The molecule has 1 aromatic heterocycles. The Labute approximate surface area is 172 Å². The highest BCUT2D eigenvalue weighted by Crippen LogP contribution is 2.27. The van der Waals surface area contributed by atoms with Crippen molar-refractivity contribution in [2.45, 2.75) is 6.92 Å². The number of nitrogens with one attached hydrogen (secondary N) is 2. The van der Waals surface area contributed by atoms with E-state index in [0.29, 0.717) is 23.8 Å². The Kier molecular flexibility index (Phi) is 6.43. The predicted molar refractivity (Wildman–Crippen MR) is 109 cm³/mol. The molecule has 0 aliphatic carbocycles. The smallest absolute Gasteiger partial charge is 0.290 e. The minimum absolute atomic E-state index is 0.0389. The summed E-state index contributed by atoms with van der Waals surface area (Å²) in [5.41, 5.74) is 4.95. The monoisotopic (exact) mass is 408 g/mol. The van der Waals surface area contributed by atoms with E-state index in [-0.39, 0.29) is 16.8 Å². The van der Waals surface area contributed by atoms with E-state index in [2.05, 4.69) is 16.0 Å². The highest BCUT2D eigenvalue weighted by atomic mass is 16.5. The molecule has 2 amide bonds. The molecule has 0 aliphatic rings. The molecule has 0 spiro atoms. The first-order chi connectivity index (χ1) is 14.5. The second kappa shape index (κ2) is 9.37. The van der Waals surface area contributed by atoms with Crippen molar-refractivity contribution in [2.24, 2.45) is 0 Å². The second-order valence-corrected chi connectivity index (χ2v) is 6.01. The number of methoxy groups -OCH3 is 1. The summed E-state index contributed by atoms with van der Waals surface area (Å²) in [4.78, 5) is 36.8. The average molecular weight is 408 g/mol. The van der Waals surface area contributed by atoms with Crippen molar-refractivity contribution < 1.29 is 19.1 Å². The number of ether oxygens (including phenoxy) is 2. The van der Waals surface area contributed by atoms with E-state index in [1.807, 2.05) is 6.92 Å². The normalized spacial score (nSPS) is 10.2. The predicted octanol–water partition coefficient (Wildman–Crippen LogP) is 1.71. The molecule has 0 bridgehead atoms. The Morgan fingerprint density at radius 3 is 2.40 bits per heavy atom. The molecule has 2 aromatic carbocycles. The van der Waals surface area contributed by atoms with Crippen LogP contribution in [0.15, 0.2) is 65.5 Å². The zero-order valence-corrected chi connectivity index (χ0v) is 16.4. The van der Waals surface area contributed by atoms with Crippen LogP contribution in [-0.2, 0) is 0 Å². The molecular formula is C21H20N4O5. The molecule has 2 N–H and O–H groups in total. The maximum atomic E-state index is 12.4. The number of carbonyl (C=O) groups excluding carboxylic acids is 2. The molecule has 0 fully saturated rings. The third-order valence-electron chi connectivity index (χ3n) is 4.05. The van der Waals surface area contributed by atoms with Crippen LogP contribution in [0.2, 0.25) is 0 Å². The van der Waals surface area contributed by atoms with Crippen LogP contribution in [0.25, 0.3) is 5.69 Å². The Morgan fingerprint density at radius 2 is 1.70 bits per heavy atom. The van der Waals surface area contributed by atoms with Crippen molar-refractivity contribution in [3.05, 3.63) is 82.3 Å². The van der Waals surface area contributed by atoms with Gasteiger partial charge in [0, 0.05) is 11.6 Å². The lowest BCUT2D eigenvalue weighted by Gasteiger charge is -2.12. The fraction of sp³-hybridized carbons (Fsp3) is 0.143. The van der Waals surface area contributed by atoms with Crippen LogP contribution in [-0.4, -0.2) is 35.3 Å². The van der Waals surface area contributed by atoms with Crippen LogP contribution in [0.4, 0.5) is 0 Å². The van der Waals surface area contributed by atoms with Gasteiger partial charge in [-0.15, -0.1) is 0 Å². The Morgan fingerprint density at radius 1 is 0.967 bits per heavy atom. The van der Waals surface area contributed by atoms with E-state index >= 15 is 0 Å². The van der Waals surface area contributed by atoms with Gasteiger partial charge in [-0.1, -0.05) is 18.2 Å². The molecule has 0 unspecified atom stereocenters. The van der Waals surface area contributed by atoms with Gasteiger partial charge in [0.15, 0.2) is 17.2 Å². The van der Waals surface area contributed by atoms with Crippen molar-refractivity contribution in [2.75, 3.05) is 13.7 Å². The average Bonchev–Trinajstić information content (AvgIpc) is 2.78. The van der Waals surface area contributed by atoms with Crippen molar-refractivity contribution >= 4 is 11.8 Å². The molecule has 0 saturated carbocycles. The van der Waals surface area contributed by atoms with Crippen molar-refractivity contribution in [3.63, 3.8) is 0 Å². The van der Waals surface area contributed by atoms with Gasteiger partial charge in [-0.3, -0.25) is 25.2 Å². The molecule has 30 heavy (non-hydrogen) atoms. The lowest BCUT2D eigenvalue weighted by atomic mass is 10.2. The first-order valence-electron chi connectivity index (χ1n) is 9.10. The Balaban J connectivity index is 1.71. The Bertz CT molecular complexity index is 1110. The van der Waals surface area contributed by atoms with Gasteiger partial charge >= 0.3 is 0 Å². The topological polar surface area (TPSA) is 112 Å². The van der Waals surface area contributed by atoms with Gasteiger partial charge in [0.25, 0.3) is 17.4 Å². The van der Waals surface area contributed by atoms with Crippen molar-refractivity contribution in [1.29, 1.82) is 0 Å². The van der Waals surface area contributed by atoms with E-state index in [1.165, 1.54) is 25.3 Å². The molecule has 0 atom stereocenters. The number of amides is 2. The number of nitrogens with zero attached hydrogens (tertiary/aromatic N) is 2. The lowest BCUT2D eigenvalue weighted by molar-refractivity contribution is 0.0842. The number of carbonyl (C=O) groups is 2. The van der Waals surface area contributed by atoms with Gasteiger partial charge in [-0.05, 0) is 43.3 Å². The van der Waals surface area contributed by atoms with E-state index in [4.69, 9.17) is 9.47 Å². The number of benzene rings is 2. The number of aromatic nitrogens is 2. The number of hydrogen-bond acceptors (Lipinski definition) is 6. The van der Waals surface area contributed by atoms with Gasteiger partial charge in [-0.25, -0.2) is 0 Å². The first-order valence-corrected chi connectivity index (χ1v) is 9.10. The summed E-state index contributed by atoms with van der Waals surface area (Å²) < 4.78 is 11.7. The number of hydrazine groups is 1. The minimum atomic E-state index is -0.675. The lowest BCUT2D eigenvalue weighted by Crippen LogP contribution is -2.42. The molecule has 3 aromatic rings. The van der Waals surface area contributed by atoms with Gasteiger partial charge < -0.3 is 9.47 Å². The van der Waals surface area contributed by atoms with E-state index in [9.17, 15) is 14.4 Å².